The van der Waals surface area contributed by atoms with Crippen molar-refractivity contribution in [3.63, 3.8) is 0 Å². The largest absolute Gasteiger partial charge is 0.456 e. The average Bonchev–Trinajstić information content (AvgIpc) is 4.08. The smallest absolute Gasteiger partial charge is 0.164 e. The Labute approximate surface area is 391 Å². The fourth-order valence-electron chi connectivity index (χ4n) is 10.2. The lowest BCUT2D eigenvalue weighted by molar-refractivity contribution is 0.665. The third-order valence-electron chi connectivity index (χ3n) is 13.5. The Morgan fingerprint density at radius 3 is 1.06 bits per heavy atom. The SMILES string of the molecule is c1ccc2cc3cc(N(c4ccc5c(c4)oc4ccccc45)c4cc5oc6cc(N(c7ccc8cc9ccccc9cc8c7)c7ccc8c(c7)oc7ccccc78)nnc6c5nn4)ccc3cc2c1. The zero-order valence-corrected chi connectivity index (χ0v) is 36.5. The molecular weight excluding hydrogens is 853 g/mol. The minimum atomic E-state index is 0.512. The van der Waals surface area contributed by atoms with Gasteiger partial charge in [0.05, 0.1) is 11.4 Å². The number of aromatic nitrogens is 4. The van der Waals surface area contributed by atoms with Crippen LogP contribution in [-0.2, 0) is 0 Å². The maximum atomic E-state index is 6.74. The van der Waals surface area contributed by atoms with Crippen LogP contribution in [0.5, 0.6) is 0 Å². The van der Waals surface area contributed by atoms with E-state index in [0.29, 0.717) is 33.8 Å². The van der Waals surface area contributed by atoms with Gasteiger partial charge in [-0.3, -0.25) is 9.80 Å². The Morgan fingerprint density at radius 2 is 0.594 bits per heavy atom. The molecule has 0 aliphatic rings. The van der Waals surface area contributed by atoms with Gasteiger partial charge in [-0.15, -0.1) is 20.4 Å². The van der Waals surface area contributed by atoms with Gasteiger partial charge in [-0.1, -0.05) is 97.1 Å². The third kappa shape index (κ3) is 5.97. The molecule has 15 aromatic rings. The van der Waals surface area contributed by atoms with Gasteiger partial charge in [0, 0.05) is 57.2 Å². The van der Waals surface area contributed by atoms with Crippen LogP contribution in [0.2, 0.25) is 0 Å². The van der Waals surface area contributed by atoms with Gasteiger partial charge in [0.25, 0.3) is 0 Å². The van der Waals surface area contributed by atoms with Crippen LogP contribution >= 0.6 is 0 Å². The number of benzene rings is 10. The zero-order valence-electron chi connectivity index (χ0n) is 36.5. The molecule has 9 heteroatoms. The summed E-state index contributed by atoms with van der Waals surface area (Å²) >= 11 is 0. The molecule has 0 saturated heterocycles. The zero-order chi connectivity index (χ0) is 45.2. The monoisotopic (exact) mass is 886 g/mol. The molecule has 0 bridgehead atoms. The van der Waals surface area contributed by atoms with Gasteiger partial charge < -0.3 is 13.3 Å². The summed E-state index contributed by atoms with van der Waals surface area (Å²) in [4.78, 5) is 4.19. The second-order valence-electron chi connectivity index (χ2n) is 17.6. The summed E-state index contributed by atoms with van der Waals surface area (Å²) in [6.07, 6.45) is 0. The number of furan rings is 3. The highest BCUT2D eigenvalue weighted by molar-refractivity contribution is 6.09. The van der Waals surface area contributed by atoms with Crippen LogP contribution < -0.4 is 9.80 Å². The van der Waals surface area contributed by atoms with Gasteiger partial charge in [-0.05, 0) is 128 Å². The molecule has 0 atom stereocenters. The summed E-state index contributed by atoms with van der Waals surface area (Å²) in [5.41, 5.74) is 8.80. The van der Waals surface area contributed by atoms with E-state index in [1.54, 1.807) is 0 Å². The molecule has 69 heavy (non-hydrogen) atoms. The van der Waals surface area contributed by atoms with Crippen molar-refractivity contribution in [2.24, 2.45) is 0 Å². The van der Waals surface area contributed by atoms with Crippen molar-refractivity contribution in [3.8, 4) is 0 Å². The van der Waals surface area contributed by atoms with E-state index >= 15 is 0 Å². The second kappa shape index (κ2) is 14.4. The van der Waals surface area contributed by atoms with Crippen molar-refractivity contribution < 1.29 is 13.3 Å². The first-order valence-corrected chi connectivity index (χ1v) is 22.8. The van der Waals surface area contributed by atoms with Crippen LogP contribution in [0.1, 0.15) is 0 Å². The Bertz CT molecular complexity index is 4320. The van der Waals surface area contributed by atoms with Gasteiger partial charge >= 0.3 is 0 Å². The fraction of sp³-hybridized carbons (Fsp3) is 0. The van der Waals surface area contributed by atoms with Crippen molar-refractivity contribution in [1.29, 1.82) is 0 Å². The summed E-state index contributed by atoms with van der Waals surface area (Å²) in [6, 6.07) is 71.4. The molecule has 0 saturated carbocycles. The first-order valence-electron chi connectivity index (χ1n) is 22.8. The number of hydrogen-bond acceptors (Lipinski definition) is 9. The molecule has 0 aliphatic carbocycles. The van der Waals surface area contributed by atoms with Gasteiger partial charge in [-0.25, -0.2) is 0 Å². The van der Waals surface area contributed by atoms with Crippen molar-refractivity contribution in [2.75, 3.05) is 9.80 Å². The first kappa shape index (κ1) is 37.6. The van der Waals surface area contributed by atoms with Crippen LogP contribution in [-0.4, -0.2) is 20.4 Å². The highest BCUT2D eigenvalue weighted by Gasteiger charge is 2.23. The molecule has 0 unspecified atom stereocenters. The average molecular weight is 887 g/mol. The second-order valence-corrected chi connectivity index (χ2v) is 17.6. The van der Waals surface area contributed by atoms with Crippen LogP contribution in [0.4, 0.5) is 34.4 Å². The van der Waals surface area contributed by atoms with Crippen LogP contribution in [0.25, 0.3) is 109 Å². The molecule has 0 aliphatic heterocycles. The predicted octanol–water partition coefficient (Wildman–Crippen LogP) is 16.5. The maximum absolute atomic E-state index is 6.74. The summed E-state index contributed by atoms with van der Waals surface area (Å²) in [5.74, 6) is 1.13. The van der Waals surface area contributed by atoms with Gasteiger partial charge in [-0.2, -0.15) is 0 Å². The van der Waals surface area contributed by atoms with Gasteiger partial charge in [0.15, 0.2) is 33.8 Å². The van der Waals surface area contributed by atoms with E-state index < -0.39 is 0 Å². The van der Waals surface area contributed by atoms with Crippen molar-refractivity contribution in [1.82, 2.24) is 20.4 Å². The standard InChI is InChI=1S/C60H34N6O3/c1-3-11-37-27-41-29-43(19-17-39(41)25-35(37)9-1)65(45-21-23-49-47-13-5-7-15-51(47)67-53(49)31-45)57-33-55-59(63-61-57)60-56(69-55)34-58(62-64-60)66(46-22-24-50-48-14-6-8-16-52(48)68-54(50)32-46)44-20-18-40-26-36-10-2-4-12-38(36)28-42(40)30-44/h1-34H. The number of rotatable bonds is 6. The summed E-state index contributed by atoms with van der Waals surface area (Å²) in [7, 11) is 0. The van der Waals surface area contributed by atoms with Crippen LogP contribution in [0, 0.1) is 0 Å². The molecule has 15 rings (SSSR count). The summed E-state index contributed by atoms with van der Waals surface area (Å²) < 4.78 is 19.5. The van der Waals surface area contributed by atoms with E-state index in [2.05, 4.69) is 168 Å². The lowest BCUT2D eigenvalue weighted by Gasteiger charge is -2.24. The minimum Gasteiger partial charge on any atom is -0.456 e. The van der Waals surface area contributed by atoms with Crippen molar-refractivity contribution in [3.05, 3.63) is 206 Å². The van der Waals surface area contributed by atoms with Gasteiger partial charge in [0.1, 0.15) is 22.3 Å². The van der Waals surface area contributed by atoms with Crippen molar-refractivity contribution >= 4 is 144 Å². The first-order chi connectivity index (χ1) is 34.1. The van der Waals surface area contributed by atoms with E-state index in [4.69, 9.17) is 33.6 Å². The van der Waals surface area contributed by atoms with Crippen molar-refractivity contribution in [2.45, 2.75) is 0 Å². The number of anilines is 6. The third-order valence-corrected chi connectivity index (χ3v) is 13.5. The molecule has 0 spiro atoms. The Balaban J connectivity index is 0.887. The quantitative estimate of drug-likeness (QED) is 0.151. The lowest BCUT2D eigenvalue weighted by Crippen LogP contribution is -2.12. The number of hydrogen-bond donors (Lipinski definition) is 0. The van der Waals surface area contributed by atoms with Gasteiger partial charge in [0.2, 0.25) is 0 Å². The Kier molecular flexibility index (Phi) is 7.87. The van der Waals surface area contributed by atoms with E-state index in [-0.39, 0.29) is 0 Å². The van der Waals surface area contributed by atoms with E-state index in [9.17, 15) is 0 Å². The van der Waals surface area contributed by atoms with Crippen LogP contribution in [0.3, 0.4) is 0 Å². The molecule has 0 amide bonds. The van der Waals surface area contributed by atoms with E-state index in [1.165, 1.54) is 21.5 Å². The number of nitrogens with zero attached hydrogens (tertiary/aromatic N) is 6. The molecule has 0 radical (unpaired) electrons. The van der Waals surface area contributed by atoms with E-state index in [0.717, 1.165) is 88.2 Å². The maximum Gasteiger partial charge on any atom is 0.164 e. The number of para-hydroxylation sites is 2. The molecule has 10 aromatic carbocycles. The summed E-state index contributed by atoms with van der Waals surface area (Å²) in [5, 5.41) is 32.8. The summed E-state index contributed by atoms with van der Waals surface area (Å²) in [6.45, 7) is 0. The lowest BCUT2D eigenvalue weighted by atomic mass is 10.0. The van der Waals surface area contributed by atoms with Crippen LogP contribution in [0.15, 0.2) is 220 Å². The topological polar surface area (TPSA) is 97.5 Å². The predicted molar refractivity (Wildman–Crippen MR) is 279 cm³/mol. The molecular formula is C60H34N6O3. The minimum absolute atomic E-state index is 0.512. The highest BCUT2D eigenvalue weighted by Crippen LogP contribution is 2.43. The molecule has 0 N–H and O–H groups in total. The Hall–Kier alpha value is -9.60. The number of fused-ring (bicyclic) bond motifs is 13. The molecule has 322 valence electrons. The highest BCUT2D eigenvalue weighted by atomic mass is 16.3. The fourth-order valence-corrected chi connectivity index (χ4v) is 10.2. The molecule has 5 heterocycles. The molecule has 0 fully saturated rings. The Morgan fingerprint density at radius 1 is 0.246 bits per heavy atom. The molecule has 9 nitrogen and oxygen atoms in total. The van der Waals surface area contributed by atoms with E-state index in [1.807, 2.05) is 48.5 Å². The molecule has 5 aromatic heterocycles. The normalized spacial score (nSPS) is 12.1.